The van der Waals surface area contributed by atoms with E-state index in [9.17, 15) is 30.8 Å². The summed E-state index contributed by atoms with van der Waals surface area (Å²) in [5.41, 5.74) is 1.77. The molecule has 0 aromatic heterocycles. The van der Waals surface area contributed by atoms with E-state index < -0.39 is 38.5 Å². The van der Waals surface area contributed by atoms with Gasteiger partial charge in [0, 0.05) is 10.6 Å². The molecule has 0 aliphatic heterocycles. The van der Waals surface area contributed by atoms with E-state index in [0.29, 0.717) is 17.7 Å². The lowest BCUT2D eigenvalue weighted by Gasteiger charge is -2.11. The van der Waals surface area contributed by atoms with Crippen LogP contribution >= 0.6 is 11.6 Å². The number of hydrogen-bond donors (Lipinski definition) is 1. The fourth-order valence-electron chi connectivity index (χ4n) is 2.69. The van der Waals surface area contributed by atoms with E-state index in [1.165, 1.54) is 24.3 Å². The Labute approximate surface area is 196 Å². The number of para-hydroxylation sites is 1. The highest BCUT2D eigenvalue weighted by Crippen LogP contribution is 2.30. The largest absolute Gasteiger partial charge is 0.416 e. The molecule has 0 radical (unpaired) electrons. The predicted octanol–water partition coefficient (Wildman–Crippen LogP) is 4.96. The van der Waals surface area contributed by atoms with Gasteiger partial charge in [0.25, 0.3) is 0 Å². The van der Waals surface area contributed by atoms with Gasteiger partial charge in [-0.3, -0.25) is 4.79 Å². The van der Waals surface area contributed by atoms with Crippen molar-refractivity contribution in [2.24, 2.45) is 5.10 Å². The van der Waals surface area contributed by atoms with Gasteiger partial charge < -0.3 is 4.18 Å². The lowest BCUT2D eigenvalue weighted by molar-refractivity contribution is -0.137. The molecule has 6 nitrogen and oxygen atoms in total. The number of alkyl halides is 3. The Morgan fingerprint density at radius 1 is 1.06 bits per heavy atom. The highest BCUT2D eigenvalue weighted by atomic mass is 35.5. The minimum Gasteiger partial charge on any atom is -0.378 e. The molecule has 3 aromatic rings. The summed E-state index contributed by atoms with van der Waals surface area (Å²) in [5.74, 6) is -1.28. The summed E-state index contributed by atoms with van der Waals surface area (Å²) in [5, 5.41) is 3.82. The SMILES string of the molecule is O=C(Cc1ccc(F)cc1Cl)N/N=C/c1ccccc1OS(=O)(=O)c1ccc(C(F)(F)F)cc1. The number of carbonyl (C=O) groups excluding carboxylic acids is 1. The molecule has 1 N–H and O–H groups in total. The van der Waals surface area contributed by atoms with Crippen LogP contribution in [-0.4, -0.2) is 20.5 Å². The average Bonchev–Trinajstić information content (AvgIpc) is 2.76. The molecule has 0 aliphatic carbocycles. The molecule has 0 fully saturated rings. The smallest absolute Gasteiger partial charge is 0.378 e. The molecular weight excluding hydrogens is 500 g/mol. The first kappa shape index (κ1) is 25.2. The molecule has 1 amide bonds. The second-order valence-electron chi connectivity index (χ2n) is 6.80. The molecule has 0 heterocycles. The van der Waals surface area contributed by atoms with Crippen LogP contribution in [0.1, 0.15) is 16.7 Å². The molecule has 0 unspecified atom stereocenters. The molecule has 0 atom stereocenters. The van der Waals surface area contributed by atoms with Crippen molar-refractivity contribution in [3.05, 3.63) is 94.3 Å². The summed E-state index contributed by atoms with van der Waals surface area (Å²) in [6.45, 7) is 0. The molecular formula is C22H15ClF4N2O4S. The zero-order chi connectivity index (χ0) is 24.9. The van der Waals surface area contributed by atoms with E-state index in [4.69, 9.17) is 15.8 Å². The van der Waals surface area contributed by atoms with Gasteiger partial charge in [-0.25, -0.2) is 9.82 Å². The lowest BCUT2D eigenvalue weighted by Crippen LogP contribution is -2.20. The topological polar surface area (TPSA) is 84.8 Å². The number of hydrazone groups is 1. The summed E-state index contributed by atoms with van der Waals surface area (Å²) in [7, 11) is -4.45. The lowest BCUT2D eigenvalue weighted by atomic mass is 10.1. The summed E-state index contributed by atoms with van der Waals surface area (Å²) >= 11 is 5.88. The Morgan fingerprint density at radius 3 is 2.38 bits per heavy atom. The molecule has 34 heavy (non-hydrogen) atoms. The van der Waals surface area contributed by atoms with Gasteiger partial charge in [-0.15, -0.1) is 0 Å². The standard InChI is InChI=1S/C22H15ClF4N2O4S/c23-19-12-17(24)8-5-14(19)11-21(30)29-28-13-15-3-1-2-4-20(15)33-34(31,32)18-9-6-16(7-10-18)22(25,26)27/h1-10,12-13H,11H2,(H,29,30)/b28-13+. The number of amides is 1. The van der Waals surface area contributed by atoms with Gasteiger partial charge in [0.2, 0.25) is 5.91 Å². The second kappa shape index (κ2) is 10.2. The number of hydrogen-bond acceptors (Lipinski definition) is 5. The third kappa shape index (κ3) is 6.55. The highest BCUT2D eigenvalue weighted by Gasteiger charge is 2.31. The average molecular weight is 515 g/mol. The maximum Gasteiger partial charge on any atom is 0.416 e. The van der Waals surface area contributed by atoms with Crippen LogP contribution < -0.4 is 9.61 Å². The monoisotopic (exact) mass is 514 g/mol. The first-order valence-electron chi connectivity index (χ1n) is 9.42. The quantitative estimate of drug-likeness (QED) is 0.209. The molecule has 0 bridgehead atoms. The van der Waals surface area contributed by atoms with Crippen LogP contribution in [0.25, 0.3) is 0 Å². The number of nitrogens with one attached hydrogen (secondary N) is 1. The minimum atomic E-state index is -4.61. The van der Waals surface area contributed by atoms with Gasteiger partial charge in [-0.2, -0.15) is 26.7 Å². The molecule has 3 aromatic carbocycles. The van der Waals surface area contributed by atoms with Crippen molar-refractivity contribution in [2.75, 3.05) is 0 Å². The first-order chi connectivity index (χ1) is 16.0. The fraction of sp³-hybridized carbons (Fsp3) is 0.0909. The van der Waals surface area contributed by atoms with Crippen LogP contribution in [0.15, 0.2) is 76.7 Å². The van der Waals surface area contributed by atoms with Gasteiger partial charge in [-0.05, 0) is 54.1 Å². The van der Waals surface area contributed by atoms with Crippen LogP contribution in [0.2, 0.25) is 5.02 Å². The van der Waals surface area contributed by atoms with Gasteiger partial charge in [0.1, 0.15) is 10.7 Å². The van der Waals surface area contributed by atoms with E-state index in [0.717, 1.165) is 30.5 Å². The van der Waals surface area contributed by atoms with E-state index in [1.54, 1.807) is 6.07 Å². The minimum absolute atomic E-state index is 0.0753. The summed E-state index contributed by atoms with van der Waals surface area (Å²) in [4.78, 5) is 11.6. The van der Waals surface area contributed by atoms with Gasteiger partial charge in [0.05, 0.1) is 18.2 Å². The van der Waals surface area contributed by atoms with E-state index in [2.05, 4.69) is 10.5 Å². The van der Waals surface area contributed by atoms with Crippen molar-refractivity contribution < 1.29 is 35.0 Å². The van der Waals surface area contributed by atoms with Crippen LogP contribution in [-0.2, 0) is 27.5 Å². The molecule has 0 saturated heterocycles. The maximum atomic E-state index is 13.1. The van der Waals surface area contributed by atoms with Crippen LogP contribution in [0.3, 0.4) is 0 Å². The van der Waals surface area contributed by atoms with Crippen molar-refractivity contribution in [2.45, 2.75) is 17.5 Å². The first-order valence-corrected chi connectivity index (χ1v) is 11.2. The second-order valence-corrected chi connectivity index (χ2v) is 8.76. The van der Waals surface area contributed by atoms with Crippen molar-refractivity contribution >= 4 is 33.8 Å². The van der Waals surface area contributed by atoms with Gasteiger partial charge in [-0.1, -0.05) is 29.8 Å². The number of nitrogens with zero attached hydrogens (tertiary/aromatic N) is 1. The van der Waals surface area contributed by atoms with Crippen molar-refractivity contribution in [1.29, 1.82) is 0 Å². The van der Waals surface area contributed by atoms with E-state index in [-0.39, 0.29) is 22.8 Å². The Morgan fingerprint density at radius 2 is 1.74 bits per heavy atom. The van der Waals surface area contributed by atoms with Crippen LogP contribution in [0, 0.1) is 5.82 Å². The Balaban J connectivity index is 1.70. The summed E-state index contributed by atoms with van der Waals surface area (Å²) < 4.78 is 81.3. The van der Waals surface area contributed by atoms with Crippen LogP contribution in [0.4, 0.5) is 17.6 Å². The van der Waals surface area contributed by atoms with Crippen molar-refractivity contribution in [3.8, 4) is 5.75 Å². The normalized spacial score (nSPS) is 12.0. The zero-order valence-electron chi connectivity index (χ0n) is 17.0. The Kier molecular flexibility index (Phi) is 7.57. The van der Waals surface area contributed by atoms with Crippen LogP contribution in [0.5, 0.6) is 5.75 Å². The number of halogens is 5. The Hall–Kier alpha value is -3.44. The third-order valence-electron chi connectivity index (χ3n) is 4.35. The number of rotatable bonds is 7. The maximum absolute atomic E-state index is 13.1. The van der Waals surface area contributed by atoms with Gasteiger partial charge in [0.15, 0.2) is 5.75 Å². The third-order valence-corrected chi connectivity index (χ3v) is 5.95. The highest BCUT2D eigenvalue weighted by molar-refractivity contribution is 7.87. The summed E-state index contributed by atoms with van der Waals surface area (Å²) in [6.07, 6.45) is -3.67. The predicted molar refractivity (Wildman–Crippen MR) is 117 cm³/mol. The molecule has 0 spiro atoms. The molecule has 0 saturated carbocycles. The fourth-order valence-corrected chi connectivity index (χ4v) is 3.88. The molecule has 0 aliphatic rings. The number of carbonyl (C=O) groups is 1. The zero-order valence-corrected chi connectivity index (χ0v) is 18.6. The molecule has 178 valence electrons. The number of benzene rings is 3. The van der Waals surface area contributed by atoms with Gasteiger partial charge >= 0.3 is 16.3 Å². The van der Waals surface area contributed by atoms with E-state index >= 15 is 0 Å². The van der Waals surface area contributed by atoms with E-state index in [1.807, 2.05) is 0 Å². The Bertz CT molecular complexity index is 1330. The molecule has 3 rings (SSSR count). The van der Waals surface area contributed by atoms with Crippen molar-refractivity contribution in [3.63, 3.8) is 0 Å². The molecule has 12 heteroatoms. The summed E-state index contributed by atoms with van der Waals surface area (Å²) in [6, 6.07) is 12.2. The van der Waals surface area contributed by atoms with Crippen molar-refractivity contribution in [1.82, 2.24) is 5.43 Å².